The molecule has 0 unspecified atom stereocenters. The van der Waals surface area contributed by atoms with Crippen LogP contribution in [0.4, 0.5) is 0 Å². The van der Waals surface area contributed by atoms with Crippen molar-refractivity contribution in [1.29, 1.82) is 0 Å². The molecule has 21 heavy (non-hydrogen) atoms. The number of aromatic nitrogens is 3. The average Bonchev–Trinajstić information content (AvgIpc) is 2.90. The summed E-state index contributed by atoms with van der Waals surface area (Å²) in [7, 11) is 0. The smallest absolute Gasteiger partial charge is 0.354 e. The molecule has 3 rings (SSSR count). The summed E-state index contributed by atoms with van der Waals surface area (Å²) >= 11 is 0. The lowest BCUT2D eigenvalue weighted by atomic mass is 10.1. The van der Waals surface area contributed by atoms with Crippen LogP contribution in [0.1, 0.15) is 20.8 Å². The number of primary amides is 1. The fraction of sp³-hybridized carbons (Fsp3) is 0. The van der Waals surface area contributed by atoms with Crippen molar-refractivity contribution in [3.8, 4) is 11.3 Å². The van der Waals surface area contributed by atoms with E-state index < -0.39 is 11.9 Å². The predicted molar refractivity (Wildman–Crippen MR) is 73.9 cm³/mol. The van der Waals surface area contributed by atoms with E-state index in [1.807, 2.05) is 18.2 Å². The van der Waals surface area contributed by atoms with Crippen molar-refractivity contribution in [2.75, 3.05) is 0 Å². The minimum Gasteiger partial charge on any atom is -0.477 e. The van der Waals surface area contributed by atoms with Gasteiger partial charge < -0.3 is 10.8 Å². The number of nitrogens with zero attached hydrogens (tertiary/aromatic N) is 3. The van der Waals surface area contributed by atoms with E-state index in [0.717, 1.165) is 10.1 Å². The molecule has 104 valence electrons. The van der Waals surface area contributed by atoms with Gasteiger partial charge in [-0.1, -0.05) is 30.3 Å². The highest BCUT2D eigenvalue weighted by Crippen LogP contribution is 2.21. The van der Waals surface area contributed by atoms with Crippen LogP contribution in [0, 0.1) is 0 Å². The van der Waals surface area contributed by atoms with Gasteiger partial charge in [0, 0.05) is 5.56 Å². The number of hydrogen-bond donors (Lipinski definition) is 2. The standard InChI is InChI=1S/C14H10N4O3/c15-12(19)9-7-16-18-11(14(20)21)6-10(17-13(9)18)8-4-2-1-3-5-8/h1-7H,(H2,15,19)(H,20,21). The summed E-state index contributed by atoms with van der Waals surface area (Å²) in [4.78, 5) is 27.1. The van der Waals surface area contributed by atoms with Crippen LogP contribution in [0.25, 0.3) is 16.9 Å². The Labute approximate surface area is 118 Å². The van der Waals surface area contributed by atoms with Gasteiger partial charge in [0.15, 0.2) is 11.3 Å². The van der Waals surface area contributed by atoms with Crippen LogP contribution in [0.5, 0.6) is 0 Å². The second kappa shape index (κ2) is 4.71. The fourth-order valence-corrected chi connectivity index (χ4v) is 2.05. The van der Waals surface area contributed by atoms with Gasteiger partial charge in [-0.3, -0.25) is 4.79 Å². The second-order valence-electron chi connectivity index (χ2n) is 4.36. The Bertz CT molecular complexity index is 855. The first-order chi connectivity index (χ1) is 10.1. The second-order valence-corrected chi connectivity index (χ2v) is 4.36. The molecule has 0 saturated heterocycles. The highest BCUT2D eigenvalue weighted by molar-refractivity contribution is 5.99. The number of hydrogen-bond acceptors (Lipinski definition) is 4. The lowest BCUT2D eigenvalue weighted by Gasteiger charge is -2.05. The minimum atomic E-state index is -1.17. The molecule has 0 aliphatic carbocycles. The van der Waals surface area contributed by atoms with Crippen molar-refractivity contribution in [1.82, 2.24) is 14.6 Å². The quantitative estimate of drug-likeness (QED) is 0.749. The van der Waals surface area contributed by atoms with Crippen LogP contribution >= 0.6 is 0 Å². The van der Waals surface area contributed by atoms with Crippen molar-refractivity contribution in [3.63, 3.8) is 0 Å². The summed E-state index contributed by atoms with van der Waals surface area (Å²) in [5.41, 5.74) is 6.54. The summed E-state index contributed by atoms with van der Waals surface area (Å²) in [6.07, 6.45) is 1.21. The number of benzene rings is 1. The molecule has 0 aliphatic rings. The first kappa shape index (κ1) is 12.8. The molecule has 0 saturated carbocycles. The highest BCUT2D eigenvalue weighted by Gasteiger charge is 2.18. The van der Waals surface area contributed by atoms with Gasteiger partial charge in [0.1, 0.15) is 5.56 Å². The largest absolute Gasteiger partial charge is 0.477 e. The number of fused-ring (bicyclic) bond motifs is 1. The Hall–Kier alpha value is -3.22. The lowest BCUT2D eigenvalue weighted by molar-refractivity contribution is 0.0687. The molecule has 2 heterocycles. The zero-order valence-electron chi connectivity index (χ0n) is 10.7. The molecule has 3 aromatic rings. The molecule has 1 aromatic carbocycles. The normalized spacial score (nSPS) is 10.7. The van der Waals surface area contributed by atoms with Gasteiger partial charge >= 0.3 is 5.97 Å². The third-order valence-electron chi connectivity index (χ3n) is 3.03. The molecule has 0 atom stereocenters. The van der Waals surface area contributed by atoms with Crippen molar-refractivity contribution in [2.24, 2.45) is 5.73 Å². The lowest BCUT2D eigenvalue weighted by Crippen LogP contribution is -2.13. The van der Waals surface area contributed by atoms with Gasteiger partial charge in [-0.05, 0) is 6.07 Å². The predicted octanol–water partition coefficient (Wildman–Crippen LogP) is 1.19. The van der Waals surface area contributed by atoms with E-state index in [9.17, 15) is 14.7 Å². The molecule has 2 aromatic heterocycles. The zero-order chi connectivity index (χ0) is 15.0. The third kappa shape index (κ3) is 2.10. The summed E-state index contributed by atoms with van der Waals surface area (Å²) in [6, 6.07) is 10.5. The van der Waals surface area contributed by atoms with Crippen LogP contribution in [0.2, 0.25) is 0 Å². The van der Waals surface area contributed by atoms with Gasteiger partial charge in [0.05, 0.1) is 11.9 Å². The fourth-order valence-electron chi connectivity index (χ4n) is 2.05. The number of carboxylic acid groups (broad SMARTS) is 1. The molecule has 0 spiro atoms. The van der Waals surface area contributed by atoms with E-state index >= 15 is 0 Å². The Balaban J connectivity index is 2.35. The molecule has 1 amide bonds. The first-order valence-electron chi connectivity index (χ1n) is 6.05. The topological polar surface area (TPSA) is 111 Å². The van der Waals surface area contributed by atoms with Crippen LogP contribution in [0.15, 0.2) is 42.6 Å². The maximum atomic E-state index is 11.4. The van der Waals surface area contributed by atoms with Gasteiger partial charge in [0.25, 0.3) is 5.91 Å². The van der Waals surface area contributed by atoms with Crippen molar-refractivity contribution < 1.29 is 14.7 Å². The Morgan fingerprint density at radius 3 is 2.52 bits per heavy atom. The van der Waals surface area contributed by atoms with Crippen molar-refractivity contribution in [2.45, 2.75) is 0 Å². The van der Waals surface area contributed by atoms with Gasteiger partial charge in [0.2, 0.25) is 0 Å². The average molecular weight is 282 g/mol. The van der Waals surface area contributed by atoms with E-state index in [2.05, 4.69) is 10.1 Å². The maximum absolute atomic E-state index is 11.4. The molecular weight excluding hydrogens is 272 g/mol. The first-order valence-corrected chi connectivity index (χ1v) is 6.05. The number of aromatic carboxylic acids is 1. The summed E-state index contributed by atoms with van der Waals surface area (Å²) < 4.78 is 1.09. The van der Waals surface area contributed by atoms with E-state index in [1.54, 1.807) is 12.1 Å². The molecule has 0 fully saturated rings. The number of amides is 1. The Morgan fingerprint density at radius 2 is 1.90 bits per heavy atom. The van der Waals surface area contributed by atoms with Gasteiger partial charge in [-0.15, -0.1) is 0 Å². The van der Waals surface area contributed by atoms with E-state index in [1.165, 1.54) is 12.3 Å². The van der Waals surface area contributed by atoms with Crippen LogP contribution < -0.4 is 5.73 Å². The number of carboxylic acids is 1. The highest BCUT2D eigenvalue weighted by atomic mass is 16.4. The minimum absolute atomic E-state index is 0.0790. The van der Waals surface area contributed by atoms with E-state index in [-0.39, 0.29) is 16.9 Å². The summed E-state index contributed by atoms with van der Waals surface area (Å²) in [6.45, 7) is 0. The molecular formula is C14H10N4O3. The third-order valence-corrected chi connectivity index (χ3v) is 3.03. The van der Waals surface area contributed by atoms with Gasteiger partial charge in [-0.2, -0.15) is 5.10 Å². The molecule has 0 bridgehead atoms. The Morgan fingerprint density at radius 1 is 1.19 bits per heavy atom. The zero-order valence-corrected chi connectivity index (χ0v) is 10.7. The SMILES string of the molecule is NC(=O)c1cnn2c(C(=O)O)cc(-c3ccccc3)nc12. The van der Waals surface area contributed by atoms with Crippen molar-refractivity contribution in [3.05, 3.63) is 53.9 Å². The summed E-state index contributed by atoms with van der Waals surface area (Å²) in [5.74, 6) is -1.88. The number of carbonyl (C=O) groups is 2. The Kier molecular flexibility index (Phi) is 2.87. The van der Waals surface area contributed by atoms with Crippen LogP contribution in [-0.4, -0.2) is 31.6 Å². The molecule has 0 radical (unpaired) electrons. The van der Waals surface area contributed by atoms with Gasteiger partial charge in [-0.25, -0.2) is 14.3 Å². The van der Waals surface area contributed by atoms with E-state index in [4.69, 9.17) is 5.73 Å². The van der Waals surface area contributed by atoms with Crippen LogP contribution in [-0.2, 0) is 0 Å². The molecule has 7 nitrogen and oxygen atoms in total. The van der Waals surface area contributed by atoms with Crippen molar-refractivity contribution >= 4 is 17.5 Å². The van der Waals surface area contributed by atoms with Crippen LogP contribution in [0.3, 0.4) is 0 Å². The number of nitrogens with two attached hydrogens (primary N) is 1. The number of carbonyl (C=O) groups excluding carboxylic acids is 1. The summed E-state index contributed by atoms with van der Waals surface area (Å²) in [5, 5.41) is 13.2. The maximum Gasteiger partial charge on any atom is 0.354 e. The molecule has 7 heteroatoms. The monoisotopic (exact) mass is 282 g/mol. The molecule has 3 N–H and O–H groups in total. The number of rotatable bonds is 3. The molecule has 0 aliphatic heterocycles. The van der Waals surface area contributed by atoms with E-state index in [0.29, 0.717) is 5.69 Å².